The molecule has 0 atom stereocenters. The number of hydrogen-bond acceptors (Lipinski definition) is 3. The van der Waals surface area contributed by atoms with Crippen LogP contribution in [0.4, 0.5) is 0 Å². The van der Waals surface area contributed by atoms with Crippen LogP contribution in [0.25, 0.3) is 10.9 Å². The lowest BCUT2D eigenvalue weighted by Crippen LogP contribution is -2.27. The second kappa shape index (κ2) is 6.48. The molecule has 0 aliphatic carbocycles. The fourth-order valence-electron chi connectivity index (χ4n) is 2.50. The summed E-state index contributed by atoms with van der Waals surface area (Å²) in [5, 5.41) is 1.03. The Labute approximate surface area is 135 Å². The SMILES string of the molecule is COc1cccc(CN(C)C(=O)c2ccc3ccccc3n2)c1. The highest BCUT2D eigenvalue weighted by Crippen LogP contribution is 2.16. The van der Waals surface area contributed by atoms with Crippen LogP contribution >= 0.6 is 0 Å². The number of carbonyl (C=O) groups is 1. The van der Waals surface area contributed by atoms with Gasteiger partial charge in [-0.1, -0.05) is 36.4 Å². The molecule has 1 heterocycles. The van der Waals surface area contributed by atoms with Crippen molar-refractivity contribution in [1.29, 1.82) is 0 Å². The third-order valence-corrected chi connectivity index (χ3v) is 3.72. The maximum atomic E-state index is 12.6. The Morgan fingerprint density at radius 3 is 2.74 bits per heavy atom. The van der Waals surface area contributed by atoms with E-state index in [2.05, 4.69) is 4.98 Å². The van der Waals surface area contributed by atoms with E-state index in [0.717, 1.165) is 22.2 Å². The van der Waals surface area contributed by atoms with Crippen molar-refractivity contribution < 1.29 is 9.53 Å². The average molecular weight is 306 g/mol. The van der Waals surface area contributed by atoms with E-state index in [0.29, 0.717) is 12.2 Å². The first kappa shape index (κ1) is 15.0. The van der Waals surface area contributed by atoms with Crippen LogP contribution in [0.15, 0.2) is 60.7 Å². The van der Waals surface area contributed by atoms with E-state index < -0.39 is 0 Å². The van der Waals surface area contributed by atoms with Crippen molar-refractivity contribution in [3.63, 3.8) is 0 Å². The molecule has 23 heavy (non-hydrogen) atoms. The largest absolute Gasteiger partial charge is 0.497 e. The lowest BCUT2D eigenvalue weighted by molar-refractivity contribution is 0.0779. The van der Waals surface area contributed by atoms with Crippen molar-refractivity contribution in [2.24, 2.45) is 0 Å². The van der Waals surface area contributed by atoms with E-state index in [1.807, 2.05) is 54.6 Å². The van der Waals surface area contributed by atoms with Crippen LogP contribution in [0.1, 0.15) is 16.1 Å². The molecule has 116 valence electrons. The summed E-state index contributed by atoms with van der Waals surface area (Å²) in [6.45, 7) is 0.505. The number of rotatable bonds is 4. The fraction of sp³-hybridized carbons (Fsp3) is 0.158. The van der Waals surface area contributed by atoms with Crippen molar-refractivity contribution in [2.75, 3.05) is 14.2 Å². The van der Waals surface area contributed by atoms with Gasteiger partial charge in [-0.05, 0) is 29.8 Å². The Balaban J connectivity index is 1.80. The Bertz CT molecular complexity index is 845. The van der Waals surface area contributed by atoms with Crippen molar-refractivity contribution in [3.8, 4) is 5.75 Å². The van der Waals surface area contributed by atoms with Crippen LogP contribution in [0.2, 0.25) is 0 Å². The number of amides is 1. The van der Waals surface area contributed by atoms with E-state index >= 15 is 0 Å². The van der Waals surface area contributed by atoms with Crippen molar-refractivity contribution in [1.82, 2.24) is 9.88 Å². The van der Waals surface area contributed by atoms with Gasteiger partial charge in [0.05, 0.1) is 12.6 Å². The zero-order chi connectivity index (χ0) is 16.2. The highest BCUT2D eigenvalue weighted by Gasteiger charge is 2.14. The number of benzene rings is 2. The zero-order valence-corrected chi connectivity index (χ0v) is 13.2. The predicted octanol–water partition coefficient (Wildman–Crippen LogP) is 3.52. The molecule has 4 heteroatoms. The standard InChI is InChI=1S/C19H18N2O2/c1-21(13-14-6-5-8-16(12-14)23-2)19(22)18-11-10-15-7-3-4-9-17(15)20-18/h3-12H,13H2,1-2H3. The molecule has 0 radical (unpaired) electrons. The van der Waals surface area contributed by atoms with Gasteiger partial charge in [0.25, 0.3) is 5.91 Å². The van der Waals surface area contributed by atoms with E-state index in [4.69, 9.17) is 4.74 Å². The van der Waals surface area contributed by atoms with E-state index in [1.165, 1.54) is 0 Å². The lowest BCUT2D eigenvalue weighted by atomic mass is 10.1. The van der Waals surface area contributed by atoms with Crippen molar-refractivity contribution in [3.05, 3.63) is 71.9 Å². The van der Waals surface area contributed by atoms with Gasteiger partial charge in [-0.15, -0.1) is 0 Å². The summed E-state index contributed by atoms with van der Waals surface area (Å²) in [6.07, 6.45) is 0. The van der Waals surface area contributed by atoms with Crippen LogP contribution < -0.4 is 4.74 Å². The molecule has 3 rings (SSSR count). The number of aromatic nitrogens is 1. The topological polar surface area (TPSA) is 42.4 Å². The van der Waals surface area contributed by atoms with Gasteiger partial charge in [0.2, 0.25) is 0 Å². The number of fused-ring (bicyclic) bond motifs is 1. The minimum atomic E-state index is -0.0985. The Hall–Kier alpha value is -2.88. The normalized spacial score (nSPS) is 10.5. The molecule has 0 aliphatic heterocycles. The second-order valence-electron chi connectivity index (χ2n) is 5.40. The Morgan fingerprint density at radius 1 is 1.09 bits per heavy atom. The maximum Gasteiger partial charge on any atom is 0.272 e. The molecular weight excluding hydrogens is 288 g/mol. The number of carbonyl (C=O) groups excluding carboxylic acids is 1. The summed E-state index contributed by atoms with van der Waals surface area (Å²) in [5.74, 6) is 0.686. The number of pyridine rings is 1. The van der Waals surface area contributed by atoms with Crippen molar-refractivity contribution >= 4 is 16.8 Å². The number of hydrogen-bond donors (Lipinski definition) is 0. The van der Waals surface area contributed by atoms with Gasteiger partial charge >= 0.3 is 0 Å². The van der Waals surface area contributed by atoms with Crippen LogP contribution in [0.5, 0.6) is 5.75 Å². The lowest BCUT2D eigenvalue weighted by Gasteiger charge is -2.17. The molecule has 0 fully saturated rings. The van der Waals surface area contributed by atoms with Crippen molar-refractivity contribution in [2.45, 2.75) is 6.54 Å². The summed E-state index contributed by atoms with van der Waals surface area (Å²) in [7, 11) is 3.41. The molecule has 0 saturated heterocycles. The highest BCUT2D eigenvalue weighted by molar-refractivity contribution is 5.94. The van der Waals surface area contributed by atoms with Gasteiger partial charge in [-0.25, -0.2) is 4.98 Å². The quantitative estimate of drug-likeness (QED) is 0.740. The third-order valence-electron chi connectivity index (χ3n) is 3.72. The molecule has 0 unspecified atom stereocenters. The first-order valence-corrected chi connectivity index (χ1v) is 7.41. The molecule has 1 aromatic heterocycles. The summed E-state index contributed by atoms with van der Waals surface area (Å²) in [4.78, 5) is 18.7. The number of para-hydroxylation sites is 1. The monoisotopic (exact) mass is 306 g/mol. The zero-order valence-electron chi connectivity index (χ0n) is 13.2. The first-order valence-electron chi connectivity index (χ1n) is 7.41. The molecule has 4 nitrogen and oxygen atoms in total. The molecule has 0 spiro atoms. The summed E-state index contributed by atoms with van der Waals surface area (Å²) >= 11 is 0. The van der Waals surface area contributed by atoms with Gasteiger partial charge in [0.15, 0.2) is 0 Å². The third kappa shape index (κ3) is 3.31. The van der Waals surface area contributed by atoms with Gasteiger partial charge in [0.1, 0.15) is 11.4 Å². The molecule has 0 aliphatic rings. The number of ether oxygens (including phenoxy) is 1. The van der Waals surface area contributed by atoms with Crippen LogP contribution in [-0.4, -0.2) is 29.9 Å². The fourth-order valence-corrected chi connectivity index (χ4v) is 2.50. The Kier molecular flexibility index (Phi) is 4.24. The molecule has 0 saturated carbocycles. The molecule has 1 amide bonds. The predicted molar refractivity (Wildman–Crippen MR) is 90.5 cm³/mol. The van der Waals surface area contributed by atoms with E-state index in [-0.39, 0.29) is 5.91 Å². The Morgan fingerprint density at radius 2 is 1.91 bits per heavy atom. The van der Waals surface area contributed by atoms with Gasteiger partial charge in [-0.3, -0.25) is 4.79 Å². The minimum absolute atomic E-state index is 0.0985. The van der Waals surface area contributed by atoms with Crippen LogP contribution in [-0.2, 0) is 6.54 Å². The number of nitrogens with zero attached hydrogens (tertiary/aromatic N) is 2. The van der Waals surface area contributed by atoms with E-state index in [1.54, 1.807) is 25.1 Å². The maximum absolute atomic E-state index is 12.6. The smallest absolute Gasteiger partial charge is 0.272 e. The highest BCUT2D eigenvalue weighted by atomic mass is 16.5. The van der Waals surface area contributed by atoms with Crippen LogP contribution in [0, 0.1) is 0 Å². The van der Waals surface area contributed by atoms with Gasteiger partial charge in [-0.2, -0.15) is 0 Å². The van der Waals surface area contributed by atoms with Gasteiger partial charge in [0, 0.05) is 19.0 Å². The summed E-state index contributed by atoms with van der Waals surface area (Å²) in [6, 6.07) is 19.2. The van der Waals surface area contributed by atoms with Crippen LogP contribution in [0.3, 0.4) is 0 Å². The molecule has 0 bridgehead atoms. The molecule has 3 aromatic rings. The second-order valence-corrected chi connectivity index (χ2v) is 5.40. The molecule has 2 aromatic carbocycles. The molecule has 0 N–H and O–H groups in total. The first-order chi connectivity index (χ1) is 11.2. The molecular formula is C19H18N2O2. The summed E-state index contributed by atoms with van der Waals surface area (Å²) < 4.78 is 5.21. The average Bonchev–Trinajstić information content (AvgIpc) is 2.60. The summed E-state index contributed by atoms with van der Waals surface area (Å²) in [5.41, 5.74) is 2.29. The van der Waals surface area contributed by atoms with Gasteiger partial charge < -0.3 is 9.64 Å². The number of methoxy groups -OCH3 is 1. The minimum Gasteiger partial charge on any atom is -0.497 e. The van der Waals surface area contributed by atoms with E-state index in [9.17, 15) is 4.79 Å².